The van der Waals surface area contributed by atoms with Crippen molar-refractivity contribution in [3.8, 4) is 11.5 Å². The van der Waals surface area contributed by atoms with E-state index in [1.807, 2.05) is 86.7 Å². The monoisotopic (exact) mass is 1380 g/mol. The summed E-state index contributed by atoms with van der Waals surface area (Å²) >= 11 is 0. The van der Waals surface area contributed by atoms with Crippen LogP contribution >= 0.6 is 0 Å². The van der Waals surface area contributed by atoms with Crippen LogP contribution in [0.15, 0.2) is 109 Å². The number of likely N-dealkylation sites (N-methyl/N-ethyl adjacent to an activating group) is 3. The third-order valence-corrected chi connectivity index (χ3v) is 20.1. The number of aromatic nitrogens is 4. The van der Waals surface area contributed by atoms with E-state index in [-0.39, 0.29) is 78.0 Å². The number of nitrogens with two attached hydrogens (primary N) is 1. The topological polar surface area (TPSA) is 290 Å². The normalized spacial score (nSPS) is 18.7. The number of carbonyl (C=O) groups excluding carboxylic acids is 6. The van der Waals surface area contributed by atoms with E-state index in [1.54, 1.807) is 94.0 Å². The predicted molar refractivity (Wildman–Crippen MR) is 395 cm³/mol. The standard InChI is InChI=1S/C39H49N7O5.C38H47N7O5/c1-5-32-37(48)45(3)33-24-41-39(44-35(33)46(32)28-12-6-7-13-28)43-30-22-19-26(23-34(30)50-4)36(47)42-27-20-17-25(18-21-27)11-10-16-31(40-2)38(49)51-29-14-8-9-15-29;1-4-31-36(47)44(2)32-23-40-38(43-34(32)45(31)27-11-5-6-12-27)42-30-21-18-25(22-33(30)49-3)35(46)41-26-19-16-24(17-20-26)10-9-15-29(39)37(48)50-28-13-7-8-14-28/h10-11,17-24,28-29,31-32,40H,5-9,12-16H2,1-4H3,(H,42,47)(H,41,43,44);9-10,16-23,27-29,31H,4-8,11-15,39H2,1-3H3,(H,41,46)(H,40,42,43)/b11-10+;10-9+/t31-,32+;29-,31+/m00/s1. The molecule has 0 radical (unpaired) electrons. The van der Waals surface area contributed by atoms with Gasteiger partial charge in [0.15, 0.2) is 11.6 Å². The summed E-state index contributed by atoms with van der Waals surface area (Å²) in [5.41, 5.74) is 12.6. The lowest BCUT2D eigenvalue weighted by molar-refractivity contribution is -0.151. The van der Waals surface area contributed by atoms with Gasteiger partial charge >= 0.3 is 11.9 Å². The maximum Gasteiger partial charge on any atom is 0.323 e. The van der Waals surface area contributed by atoms with Crippen LogP contribution in [0.2, 0.25) is 0 Å². The van der Waals surface area contributed by atoms with Gasteiger partial charge in [0.2, 0.25) is 23.7 Å². The van der Waals surface area contributed by atoms with E-state index in [0.717, 1.165) is 125 Å². The number of hydrogen-bond acceptors (Lipinski definition) is 20. The number of esters is 2. The van der Waals surface area contributed by atoms with E-state index in [4.69, 9.17) is 34.6 Å². The van der Waals surface area contributed by atoms with Crippen LogP contribution in [0.3, 0.4) is 0 Å². The molecular formula is C77H96N14O10. The van der Waals surface area contributed by atoms with Crippen molar-refractivity contribution in [3.05, 3.63) is 132 Å². The number of methoxy groups -OCH3 is 2. The van der Waals surface area contributed by atoms with E-state index in [9.17, 15) is 28.8 Å². The molecule has 2 aliphatic heterocycles. The molecular weight excluding hydrogens is 1280 g/mol. The lowest BCUT2D eigenvalue weighted by Crippen LogP contribution is -2.55. The first-order valence-corrected chi connectivity index (χ1v) is 35.8. The molecule has 12 rings (SSSR count). The molecule has 0 unspecified atom stereocenters. The van der Waals surface area contributed by atoms with Gasteiger partial charge in [-0.3, -0.25) is 28.8 Å². The Morgan fingerprint density at radius 2 is 0.950 bits per heavy atom. The van der Waals surface area contributed by atoms with Gasteiger partial charge in [-0.2, -0.15) is 9.97 Å². The minimum Gasteiger partial charge on any atom is -0.495 e. The first kappa shape index (κ1) is 72.3. The number of ether oxygens (including phenoxy) is 4. The van der Waals surface area contributed by atoms with Gasteiger partial charge in [0, 0.05) is 48.7 Å². The van der Waals surface area contributed by atoms with Crippen LogP contribution in [-0.2, 0) is 28.7 Å². The van der Waals surface area contributed by atoms with Crippen LogP contribution in [0, 0.1) is 0 Å². The van der Waals surface area contributed by atoms with Crippen LogP contribution in [0.4, 0.5) is 57.7 Å². The van der Waals surface area contributed by atoms with Crippen molar-refractivity contribution < 1.29 is 47.7 Å². The summed E-state index contributed by atoms with van der Waals surface area (Å²) in [7, 11) is 8.42. The average molecular weight is 1380 g/mol. The third-order valence-electron chi connectivity index (χ3n) is 20.1. The maximum atomic E-state index is 13.2. The molecule has 101 heavy (non-hydrogen) atoms. The summed E-state index contributed by atoms with van der Waals surface area (Å²) in [5.74, 6) is 2.18. The van der Waals surface area contributed by atoms with Crippen LogP contribution in [-0.4, -0.2) is 139 Å². The molecule has 7 N–H and O–H groups in total. The summed E-state index contributed by atoms with van der Waals surface area (Å²) in [6.07, 6.45) is 30.2. The summed E-state index contributed by atoms with van der Waals surface area (Å²) in [6, 6.07) is 24.1. The minimum atomic E-state index is -0.691. The van der Waals surface area contributed by atoms with E-state index in [1.165, 1.54) is 0 Å². The fourth-order valence-electron chi connectivity index (χ4n) is 14.4. The maximum absolute atomic E-state index is 13.2. The molecule has 6 aliphatic rings. The number of hydrogen-bond donors (Lipinski definition) is 6. The van der Waals surface area contributed by atoms with E-state index in [0.29, 0.717) is 94.3 Å². The molecule has 534 valence electrons. The number of amides is 4. The molecule has 24 nitrogen and oxygen atoms in total. The Kier molecular flexibility index (Phi) is 24.3. The fourth-order valence-corrected chi connectivity index (χ4v) is 14.4. The number of nitrogens with zero attached hydrogens (tertiary/aromatic N) is 8. The van der Waals surface area contributed by atoms with Crippen LogP contribution < -0.4 is 61.4 Å². The van der Waals surface area contributed by atoms with Crippen molar-refractivity contribution in [2.75, 3.05) is 76.2 Å². The van der Waals surface area contributed by atoms with Crippen molar-refractivity contribution >= 4 is 105 Å². The van der Waals surface area contributed by atoms with E-state index in [2.05, 4.69) is 46.4 Å². The predicted octanol–water partition coefficient (Wildman–Crippen LogP) is 12.7. The summed E-state index contributed by atoms with van der Waals surface area (Å²) in [6.45, 7) is 4.08. The quantitative estimate of drug-likeness (QED) is 0.0290. The van der Waals surface area contributed by atoms with Crippen LogP contribution in [0.25, 0.3) is 12.2 Å². The van der Waals surface area contributed by atoms with E-state index < -0.39 is 6.04 Å². The van der Waals surface area contributed by atoms with Crippen molar-refractivity contribution in [2.45, 2.75) is 191 Å². The smallest absolute Gasteiger partial charge is 0.323 e. The van der Waals surface area contributed by atoms with Gasteiger partial charge in [-0.1, -0.05) is 88.1 Å². The largest absolute Gasteiger partial charge is 0.495 e. The number of carbonyl (C=O) groups is 6. The Morgan fingerprint density at radius 1 is 0.554 bits per heavy atom. The molecule has 24 heteroatoms. The molecule has 4 aliphatic carbocycles. The Labute approximate surface area is 591 Å². The van der Waals surface area contributed by atoms with Gasteiger partial charge in [0.25, 0.3) is 11.8 Å². The Morgan fingerprint density at radius 3 is 1.35 bits per heavy atom. The lowest BCUT2D eigenvalue weighted by Gasteiger charge is -2.43. The number of anilines is 10. The first-order chi connectivity index (χ1) is 49.0. The van der Waals surface area contributed by atoms with Crippen molar-refractivity contribution in [1.82, 2.24) is 25.3 Å². The Bertz CT molecular complexity index is 3960. The van der Waals surface area contributed by atoms with Crippen LogP contribution in [0.5, 0.6) is 11.5 Å². The summed E-state index contributed by atoms with van der Waals surface area (Å²) in [4.78, 5) is 104. The molecule has 4 atom stereocenters. The van der Waals surface area contributed by atoms with Gasteiger partial charge in [-0.15, -0.1) is 0 Å². The summed E-state index contributed by atoms with van der Waals surface area (Å²) in [5, 5.41) is 15.5. The number of fused-ring (bicyclic) bond motifs is 2. The molecule has 0 spiro atoms. The number of rotatable bonds is 25. The Hall–Kier alpha value is -9.94. The molecule has 4 aromatic carbocycles. The van der Waals surface area contributed by atoms with Gasteiger partial charge in [0.1, 0.15) is 59.2 Å². The highest BCUT2D eigenvalue weighted by Crippen LogP contribution is 2.43. The highest BCUT2D eigenvalue weighted by atomic mass is 16.5. The highest BCUT2D eigenvalue weighted by molar-refractivity contribution is 6.07. The zero-order chi connectivity index (χ0) is 71.1. The molecule has 4 heterocycles. The zero-order valence-corrected chi connectivity index (χ0v) is 59.0. The molecule has 0 bridgehead atoms. The second-order valence-corrected chi connectivity index (χ2v) is 26.8. The summed E-state index contributed by atoms with van der Waals surface area (Å²) < 4.78 is 22.5. The lowest BCUT2D eigenvalue weighted by atomic mass is 10.0. The first-order valence-electron chi connectivity index (χ1n) is 35.8. The van der Waals surface area contributed by atoms with Crippen molar-refractivity contribution in [2.24, 2.45) is 5.73 Å². The van der Waals surface area contributed by atoms with Crippen LogP contribution in [0.1, 0.15) is 174 Å². The van der Waals surface area contributed by atoms with Crippen molar-refractivity contribution in [3.63, 3.8) is 0 Å². The van der Waals surface area contributed by atoms with Gasteiger partial charge in [0.05, 0.1) is 38.0 Å². The molecule has 6 aromatic rings. The average Bonchev–Trinajstić information content (AvgIpc) is 1.25. The zero-order valence-electron chi connectivity index (χ0n) is 59.0. The highest BCUT2D eigenvalue weighted by Gasteiger charge is 2.43. The minimum absolute atomic E-state index is 0.00393. The van der Waals surface area contributed by atoms with Crippen molar-refractivity contribution in [1.29, 1.82) is 0 Å². The Balaban J connectivity index is 0.000000203. The van der Waals surface area contributed by atoms with Gasteiger partial charge < -0.3 is 70.9 Å². The fraction of sp³-hybridized carbons (Fsp3) is 0.455. The molecule has 4 saturated carbocycles. The molecule has 0 saturated heterocycles. The molecule has 2 aromatic heterocycles. The molecule has 4 fully saturated rings. The third kappa shape index (κ3) is 17.4. The molecule has 4 amide bonds. The van der Waals surface area contributed by atoms with Gasteiger partial charge in [-0.25, -0.2) is 9.97 Å². The number of benzene rings is 4. The van der Waals surface area contributed by atoms with Gasteiger partial charge in [-0.05, 0) is 182 Å². The second kappa shape index (κ2) is 33.9. The van der Waals surface area contributed by atoms with E-state index >= 15 is 0 Å². The number of nitrogens with one attached hydrogen (secondary N) is 5. The second-order valence-electron chi connectivity index (χ2n) is 26.8. The SMILES string of the molecule is CC[C@@H]1C(=O)N(C)c2cnc(Nc3ccc(C(=O)Nc4ccc(/C=C/C[C@H](N)C(=O)OC5CCCC5)cc4)cc3OC)nc2N1C1CCCC1.CC[C@@H]1C(=O)N(C)c2cnc(Nc3ccc(C(=O)Nc4ccc(/C=C/C[C@H](NC)C(=O)OC5CCCC5)cc4)cc3OC)nc2N1C1CCCC1.